The third-order valence-corrected chi connectivity index (χ3v) is 10.5. The molecule has 1 aromatic rings. The number of hydrogen-bond donors (Lipinski definition) is 1. The Morgan fingerprint density at radius 2 is 1.84 bits per heavy atom. The normalized spacial score (nSPS) is 42.9. The predicted molar refractivity (Wildman–Crippen MR) is 125 cm³/mol. The Morgan fingerprint density at radius 1 is 1.06 bits per heavy atom. The molecule has 0 saturated heterocycles. The molecule has 0 amide bonds. The van der Waals surface area contributed by atoms with Gasteiger partial charge in [-0.25, -0.2) is 9.97 Å². The molecule has 0 radical (unpaired) electrons. The summed E-state index contributed by atoms with van der Waals surface area (Å²) in [5.41, 5.74) is 3.60. The molecular weight excluding hydrogens is 380 g/mol. The van der Waals surface area contributed by atoms with E-state index in [1.807, 2.05) is 12.4 Å². The van der Waals surface area contributed by atoms with Crippen molar-refractivity contribution >= 4 is 0 Å². The molecule has 170 valence electrons. The Balaban J connectivity index is 1.30. The van der Waals surface area contributed by atoms with E-state index in [-0.39, 0.29) is 6.10 Å². The van der Waals surface area contributed by atoms with Crippen molar-refractivity contribution in [3.05, 3.63) is 35.4 Å². The van der Waals surface area contributed by atoms with Crippen LogP contribution in [0.25, 0.3) is 0 Å². The lowest BCUT2D eigenvalue weighted by atomic mass is 9.47. The van der Waals surface area contributed by atoms with Crippen LogP contribution in [0, 0.1) is 47.3 Å². The predicted octanol–water partition coefficient (Wildman–Crippen LogP) is 6.29. The zero-order valence-electron chi connectivity index (χ0n) is 20.1. The van der Waals surface area contributed by atoms with Crippen molar-refractivity contribution in [2.45, 2.75) is 98.0 Å². The highest BCUT2D eigenvalue weighted by Crippen LogP contribution is 2.67. The van der Waals surface area contributed by atoms with Crippen LogP contribution in [0.2, 0.25) is 0 Å². The molecule has 1 heterocycles. The smallest absolute Gasteiger partial charge is 0.128 e. The lowest BCUT2D eigenvalue weighted by molar-refractivity contribution is -0.0571. The van der Waals surface area contributed by atoms with Gasteiger partial charge in [-0.3, -0.25) is 0 Å². The van der Waals surface area contributed by atoms with Crippen LogP contribution in [-0.2, 0) is 6.42 Å². The fourth-order valence-corrected chi connectivity index (χ4v) is 8.72. The van der Waals surface area contributed by atoms with Crippen LogP contribution < -0.4 is 0 Å². The van der Waals surface area contributed by atoms with Crippen LogP contribution in [0.1, 0.15) is 89.9 Å². The maximum absolute atomic E-state index is 10.2. The zero-order chi connectivity index (χ0) is 21.8. The van der Waals surface area contributed by atoms with E-state index in [1.54, 1.807) is 5.57 Å². The first kappa shape index (κ1) is 21.6. The Bertz CT molecular complexity index is 832. The first-order chi connectivity index (χ1) is 14.8. The van der Waals surface area contributed by atoms with E-state index in [0.29, 0.717) is 10.8 Å². The van der Waals surface area contributed by atoms with Gasteiger partial charge in [0.05, 0.1) is 6.10 Å². The Morgan fingerprint density at radius 3 is 2.61 bits per heavy atom. The number of fused-ring (bicyclic) bond motifs is 5. The van der Waals surface area contributed by atoms with E-state index < -0.39 is 0 Å². The molecule has 4 aliphatic rings. The average molecular weight is 423 g/mol. The number of hydrogen-bond acceptors (Lipinski definition) is 3. The lowest BCUT2D eigenvalue weighted by Crippen LogP contribution is -2.50. The van der Waals surface area contributed by atoms with Crippen molar-refractivity contribution in [1.29, 1.82) is 0 Å². The van der Waals surface area contributed by atoms with Crippen molar-refractivity contribution in [3.8, 4) is 0 Å². The fraction of sp³-hybridized carbons (Fsp3) is 0.786. The molecule has 1 aromatic heterocycles. The van der Waals surface area contributed by atoms with Crippen molar-refractivity contribution < 1.29 is 5.11 Å². The highest BCUT2D eigenvalue weighted by molar-refractivity contribution is 5.25. The van der Waals surface area contributed by atoms with Gasteiger partial charge in [0.2, 0.25) is 0 Å². The summed E-state index contributed by atoms with van der Waals surface area (Å²) in [6, 6.07) is 0. The second kappa shape index (κ2) is 7.97. The first-order valence-electron chi connectivity index (χ1n) is 13.0. The van der Waals surface area contributed by atoms with E-state index in [9.17, 15) is 5.11 Å². The third kappa shape index (κ3) is 3.59. The van der Waals surface area contributed by atoms with Crippen LogP contribution >= 0.6 is 0 Å². The molecule has 3 fully saturated rings. The molecule has 0 spiro atoms. The lowest BCUT2D eigenvalue weighted by Gasteiger charge is -2.58. The van der Waals surface area contributed by atoms with Crippen LogP contribution in [0.3, 0.4) is 0 Å². The van der Waals surface area contributed by atoms with Crippen LogP contribution in [0.15, 0.2) is 24.0 Å². The van der Waals surface area contributed by atoms with Gasteiger partial charge in [-0.15, -0.1) is 0 Å². The molecule has 0 bridgehead atoms. The largest absolute Gasteiger partial charge is 0.393 e. The molecule has 4 aliphatic carbocycles. The standard InChI is InChI=1S/C28H42N2O/c1-18-16-29-26(30-17-18)10-5-19(2)23-8-9-24-22-7-6-20-15-21(31)11-13-27(20,3)25(22)12-14-28(23,24)4/h6,16-17,19,21-25,31H,5,7-15H2,1-4H3/t19?,21-,22-,23+,24-,25-,27-,28+/m0/s1. The molecule has 0 aliphatic heterocycles. The minimum atomic E-state index is -0.0982. The van der Waals surface area contributed by atoms with E-state index in [0.717, 1.165) is 60.2 Å². The molecule has 0 aromatic carbocycles. The molecule has 3 saturated carbocycles. The second-order valence-electron chi connectivity index (χ2n) is 12.1. The molecule has 3 heteroatoms. The second-order valence-corrected chi connectivity index (χ2v) is 12.1. The number of allylic oxidation sites excluding steroid dienone is 1. The first-order valence-corrected chi connectivity index (χ1v) is 13.0. The summed E-state index contributed by atoms with van der Waals surface area (Å²) >= 11 is 0. The van der Waals surface area contributed by atoms with Crippen LogP contribution in [-0.4, -0.2) is 21.2 Å². The quantitative estimate of drug-likeness (QED) is 0.580. The SMILES string of the molecule is Cc1cnc(CCC(C)[C@H]2CC[C@H]3[C@@H]4CC=C5C[C@@H](O)CC[C@]5(C)[C@H]4CC[C@]23C)nc1. The maximum Gasteiger partial charge on any atom is 0.128 e. The molecule has 31 heavy (non-hydrogen) atoms. The minimum absolute atomic E-state index is 0.0982. The monoisotopic (exact) mass is 422 g/mol. The van der Waals surface area contributed by atoms with E-state index in [1.165, 1.54) is 44.9 Å². The maximum atomic E-state index is 10.2. The Hall–Kier alpha value is -1.22. The summed E-state index contributed by atoms with van der Waals surface area (Å²) in [7, 11) is 0. The van der Waals surface area contributed by atoms with Crippen molar-refractivity contribution in [1.82, 2.24) is 9.97 Å². The van der Waals surface area contributed by atoms with Crippen LogP contribution in [0.4, 0.5) is 0 Å². The summed E-state index contributed by atoms with van der Waals surface area (Å²) in [5.74, 6) is 5.18. The van der Waals surface area contributed by atoms with Gasteiger partial charge in [-0.1, -0.05) is 32.4 Å². The molecule has 1 unspecified atom stereocenters. The summed E-state index contributed by atoms with van der Waals surface area (Å²) in [4.78, 5) is 9.09. The van der Waals surface area contributed by atoms with Crippen molar-refractivity contribution in [3.63, 3.8) is 0 Å². The van der Waals surface area contributed by atoms with Gasteiger partial charge < -0.3 is 5.11 Å². The fourth-order valence-electron chi connectivity index (χ4n) is 8.72. The summed E-state index contributed by atoms with van der Waals surface area (Å²) in [6.07, 6.45) is 18.6. The van der Waals surface area contributed by atoms with E-state index >= 15 is 0 Å². The average Bonchev–Trinajstić information content (AvgIpc) is 3.11. The third-order valence-electron chi connectivity index (χ3n) is 10.5. The Kier molecular flexibility index (Phi) is 5.56. The zero-order valence-corrected chi connectivity index (χ0v) is 20.1. The summed E-state index contributed by atoms with van der Waals surface area (Å²) in [6.45, 7) is 9.75. The van der Waals surface area contributed by atoms with Gasteiger partial charge in [0, 0.05) is 18.8 Å². The van der Waals surface area contributed by atoms with Gasteiger partial charge in [-0.05, 0) is 111 Å². The van der Waals surface area contributed by atoms with E-state index in [2.05, 4.69) is 43.7 Å². The number of aliphatic hydroxyl groups excluding tert-OH is 1. The van der Waals surface area contributed by atoms with Gasteiger partial charge in [0.1, 0.15) is 5.82 Å². The number of aliphatic hydroxyl groups is 1. The van der Waals surface area contributed by atoms with Crippen molar-refractivity contribution in [2.75, 3.05) is 0 Å². The topological polar surface area (TPSA) is 46.0 Å². The highest BCUT2D eigenvalue weighted by Gasteiger charge is 2.59. The molecule has 1 N–H and O–H groups in total. The van der Waals surface area contributed by atoms with Gasteiger partial charge in [0.25, 0.3) is 0 Å². The van der Waals surface area contributed by atoms with Gasteiger partial charge in [0.15, 0.2) is 0 Å². The molecule has 3 nitrogen and oxygen atoms in total. The molecule has 8 atom stereocenters. The number of nitrogens with zero attached hydrogens (tertiary/aromatic N) is 2. The summed E-state index contributed by atoms with van der Waals surface area (Å²) in [5, 5.41) is 10.2. The van der Waals surface area contributed by atoms with Crippen LogP contribution in [0.5, 0.6) is 0 Å². The Labute approximate surface area is 189 Å². The number of aryl methyl sites for hydroxylation is 2. The number of aromatic nitrogens is 2. The minimum Gasteiger partial charge on any atom is -0.393 e. The van der Waals surface area contributed by atoms with Gasteiger partial charge in [-0.2, -0.15) is 0 Å². The molecule has 5 rings (SSSR count). The van der Waals surface area contributed by atoms with E-state index in [4.69, 9.17) is 0 Å². The summed E-state index contributed by atoms with van der Waals surface area (Å²) < 4.78 is 0. The molecular formula is C28H42N2O. The number of rotatable bonds is 4. The highest BCUT2D eigenvalue weighted by atomic mass is 16.3. The van der Waals surface area contributed by atoms with Crippen molar-refractivity contribution in [2.24, 2.45) is 40.4 Å². The van der Waals surface area contributed by atoms with Gasteiger partial charge >= 0.3 is 0 Å².